The van der Waals surface area contributed by atoms with E-state index in [2.05, 4.69) is 20.3 Å². The number of rotatable bonds is 4. The average molecular weight is 471 g/mol. The van der Waals surface area contributed by atoms with Crippen LogP contribution >= 0.6 is 11.3 Å². The number of thiophene rings is 1. The Labute approximate surface area is 197 Å². The molecule has 0 spiro atoms. The molecule has 0 aliphatic carbocycles. The number of carboxylic acid groups (broad SMARTS) is 1. The van der Waals surface area contributed by atoms with Crippen LogP contribution in [0.4, 0.5) is 27.8 Å². The molecule has 0 saturated heterocycles. The Morgan fingerprint density at radius 3 is 2.65 bits per heavy atom. The van der Waals surface area contributed by atoms with Gasteiger partial charge in [0, 0.05) is 22.7 Å². The Bertz CT molecular complexity index is 1580. The molecule has 0 unspecified atom stereocenters. The summed E-state index contributed by atoms with van der Waals surface area (Å²) in [5.41, 5.74) is 8.29. The van der Waals surface area contributed by atoms with Gasteiger partial charge in [0.25, 0.3) is 5.91 Å². The standard InChI is InChI=1S/C24H18N6O3S/c1-13-6-7-16(30(24(32)33)19-8-14-4-2-3-5-15(14)10-26-19)9-18(13)29-23(31)17-11-34-21-20(17)27-12-28-22(21)25/h2-12H,1H3,(H,29,31)(H,32,33)(H2,25,27,28). The maximum atomic E-state index is 13.0. The van der Waals surface area contributed by atoms with Crippen molar-refractivity contribution in [2.24, 2.45) is 0 Å². The molecule has 10 heteroatoms. The SMILES string of the molecule is Cc1ccc(N(C(=O)O)c2cc3ccccc3cn2)cc1NC(=O)c1csc2c(N)ncnc12. The summed E-state index contributed by atoms with van der Waals surface area (Å²) in [5.74, 6) is 0.186. The molecule has 5 rings (SSSR count). The topological polar surface area (TPSA) is 134 Å². The summed E-state index contributed by atoms with van der Waals surface area (Å²) in [4.78, 5) is 38.8. The molecule has 5 aromatic rings. The van der Waals surface area contributed by atoms with Crippen LogP contribution in [0.2, 0.25) is 0 Å². The Hall–Kier alpha value is -4.57. The van der Waals surface area contributed by atoms with Gasteiger partial charge in [0.1, 0.15) is 18.0 Å². The van der Waals surface area contributed by atoms with Gasteiger partial charge in [-0.15, -0.1) is 11.3 Å². The van der Waals surface area contributed by atoms with Gasteiger partial charge >= 0.3 is 6.09 Å². The van der Waals surface area contributed by atoms with Crippen LogP contribution in [-0.4, -0.2) is 32.1 Å². The number of fused-ring (bicyclic) bond motifs is 2. The van der Waals surface area contributed by atoms with Gasteiger partial charge < -0.3 is 16.2 Å². The van der Waals surface area contributed by atoms with Gasteiger partial charge in [-0.1, -0.05) is 30.3 Å². The van der Waals surface area contributed by atoms with E-state index >= 15 is 0 Å². The second kappa shape index (κ2) is 8.41. The fourth-order valence-corrected chi connectivity index (χ4v) is 4.54. The van der Waals surface area contributed by atoms with Crippen molar-refractivity contribution in [1.29, 1.82) is 0 Å². The number of benzene rings is 2. The van der Waals surface area contributed by atoms with Gasteiger partial charge in [-0.05, 0) is 36.1 Å². The molecule has 0 atom stereocenters. The fourth-order valence-electron chi connectivity index (χ4n) is 3.64. The number of aryl methyl sites for hydroxylation is 1. The predicted molar refractivity (Wildman–Crippen MR) is 133 cm³/mol. The number of nitrogens with one attached hydrogen (secondary N) is 1. The van der Waals surface area contributed by atoms with Gasteiger partial charge in [-0.25, -0.2) is 24.6 Å². The molecule has 3 aromatic heterocycles. The van der Waals surface area contributed by atoms with E-state index in [1.165, 1.54) is 17.7 Å². The first-order valence-electron chi connectivity index (χ1n) is 10.2. The maximum absolute atomic E-state index is 13.0. The second-order valence-corrected chi connectivity index (χ2v) is 8.43. The van der Waals surface area contributed by atoms with Crippen molar-refractivity contribution in [1.82, 2.24) is 15.0 Å². The first kappa shape index (κ1) is 21.3. The zero-order valence-electron chi connectivity index (χ0n) is 17.9. The number of pyridine rings is 1. The molecule has 4 N–H and O–H groups in total. The van der Waals surface area contributed by atoms with Crippen molar-refractivity contribution in [3.63, 3.8) is 0 Å². The summed E-state index contributed by atoms with van der Waals surface area (Å²) < 4.78 is 0.637. The van der Waals surface area contributed by atoms with E-state index in [4.69, 9.17) is 5.73 Å². The van der Waals surface area contributed by atoms with E-state index in [1.54, 1.807) is 35.8 Å². The smallest absolute Gasteiger partial charge is 0.417 e. The zero-order chi connectivity index (χ0) is 23.8. The van der Waals surface area contributed by atoms with Crippen LogP contribution in [0.25, 0.3) is 21.0 Å². The van der Waals surface area contributed by atoms with Gasteiger partial charge in [0.05, 0.1) is 21.5 Å². The molecule has 0 aliphatic rings. The lowest BCUT2D eigenvalue weighted by atomic mass is 10.1. The number of anilines is 4. The first-order valence-corrected chi connectivity index (χ1v) is 11.1. The van der Waals surface area contributed by atoms with E-state index in [0.29, 0.717) is 33.0 Å². The summed E-state index contributed by atoms with van der Waals surface area (Å²) in [6.07, 6.45) is 1.75. The van der Waals surface area contributed by atoms with Crippen LogP contribution in [-0.2, 0) is 0 Å². The monoisotopic (exact) mass is 470 g/mol. The lowest BCUT2D eigenvalue weighted by Gasteiger charge is -2.20. The van der Waals surface area contributed by atoms with Crippen LogP contribution in [0.3, 0.4) is 0 Å². The van der Waals surface area contributed by atoms with Gasteiger partial charge in [0.15, 0.2) is 0 Å². The van der Waals surface area contributed by atoms with E-state index in [9.17, 15) is 14.7 Å². The summed E-state index contributed by atoms with van der Waals surface area (Å²) in [7, 11) is 0. The van der Waals surface area contributed by atoms with E-state index in [0.717, 1.165) is 21.2 Å². The molecule has 0 radical (unpaired) electrons. The fraction of sp³-hybridized carbons (Fsp3) is 0.0417. The van der Waals surface area contributed by atoms with E-state index in [1.807, 2.05) is 31.2 Å². The third-order valence-electron chi connectivity index (χ3n) is 5.39. The zero-order valence-corrected chi connectivity index (χ0v) is 18.7. The molecule has 0 aliphatic heterocycles. The number of nitrogen functional groups attached to an aromatic ring is 1. The first-order chi connectivity index (χ1) is 16.4. The number of amides is 2. The molecule has 0 bridgehead atoms. The average Bonchev–Trinajstić information content (AvgIpc) is 3.27. The molecular formula is C24H18N6O3S. The predicted octanol–water partition coefficient (Wildman–Crippen LogP) is 5.20. The van der Waals surface area contributed by atoms with Crippen molar-refractivity contribution >= 4 is 67.3 Å². The van der Waals surface area contributed by atoms with Crippen LogP contribution in [0, 0.1) is 6.92 Å². The molecule has 0 saturated carbocycles. The Kier molecular flexibility index (Phi) is 5.27. The van der Waals surface area contributed by atoms with Crippen LogP contribution < -0.4 is 16.0 Å². The van der Waals surface area contributed by atoms with Gasteiger partial charge in [-0.3, -0.25) is 4.79 Å². The molecular weight excluding hydrogens is 452 g/mol. The number of carbonyl (C=O) groups is 2. The van der Waals surface area contributed by atoms with Crippen LogP contribution in [0.1, 0.15) is 15.9 Å². The third kappa shape index (κ3) is 3.76. The molecule has 9 nitrogen and oxygen atoms in total. The molecule has 3 heterocycles. The third-order valence-corrected chi connectivity index (χ3v) is 6.38. The number of hydrogen-bond acceptors (Lipinski definition) is 7. The van der Waals surface area contributed by atoms with E-state index < -0.39 is 6.09 Å². The quantitative estimate of drug-likeness (QED) is 0.329. The molecule has 34 heavy (non-hydrogen) atoms. The van der Waals surface area contributed by atoms with E-state index in [-0.39, 0.29) is 11.7 Å². The van der Waals surface area contributed by atoms with Crippen molar-refractivity contribution in [2.45, 2.75) is 6.92 Å². The van der Waals surface area contributed by atoms with Crippen molar-refractivity contribution < 1.29 is 14.7 Å². The summed E-state index contributed by atoms with van der Waals surface area (Å²) >= 11 is 1.29. The molecule has 2 amide bonds. The van der Waals surface area contributed by atoms with Gasteiger partial charge in [0.2, 0.25) is 0 Å². The van der Waals surface area contributed by atoms with Crippen molar-refractivity contribution in [3.05, 3.63) is 77.6 Å². The highest BCUT2D eigenvalue weighted by molar-refractivity contribution is 7.18. The molecule has 168 valence electrons. The maximum Gasteiger partial charge on any atom is 0.417 e. The minimum atomic E-state index is -1.19. The number of aromatic nitrogens is 3. The minimum Gasteiger partial charge on any atom is -0.464 e. The van der Waals surface area contributed by atoms with Gasteiger partial charge in [-0.2, -0.15) is 0 Å². The lowest BCUT2D eigenvalue weighted by molar-refractivity contribution is 0.102. The second-order valence-electron chi connectivity index (χ2n) is 7.55. The van der Waals surface area contributed by atoms with Crippen LogP contribution in [0.15, 0.2) is 66.4 Å². The summed E-state index contributed by atoms with van der Waals surface area (Å²) in [6, 6.07) is 14.3. The largest absolute Gasteiger partial charge is 0.464 e. The Morgan fingerprint density at radius 2 is 1.85 bits per heavy atom. The number of nitrogens with two attached hydrogens (primary N) is 1. The minimum absolute atomic E-state index is 0.253. The number of carbonyl (C=O) groups excluding carboxylic acids is 1. The summed E-state index contributed by atoms with van der Waals surface area (Å²) in [6.45, 7) is 1.82. The normalized spacial score (nSPS) is 11.0. The Morgan fingerprint density at radius 1 is 1.06 bits per heavy atom. The molecule has 2 aromatic carbocycles. The van der Waals surface area contributed by atoms with Crippen molar-refractivity contribution in [3.8, 4) is 0 Å². The molecule has 0 fully saturated rings. The Balaban J connectivity index is 1.51. The summed E-state index contributed by atoms with van der Waals surface area (Å²) in [5, 5.41) is 16.3. The highest BCUT2D eigenvalue weighted by Crippen LogP contribution is 2.32. The highest BCUT2D eigenvalue weighted by atomic mass is 32.1. The lowest BCUT2D eigenvalue weighted by Crippen LogP contribution is -2.25. The van der Waals surface area contributed by atoms with Crippen LogP contribution in [0.5, 0.6) is 0 Å². The highest BCUT2D eigenvalue weighted by Gasteiger charge is 2.21. The van der Waals surface area contributed by atoms with Crippen molar-refractivity contribution in [2.75, 3.05) is 16.0 Å². The number of nitrogens with zero attached hydrogens (tertiary/aromatic N) is 4. The number of hydrogen-bond donors (Lipinski definition) is 3.